The van der Waals surface area contributed by atoms with Crippen molar-refractivity contribution < 1.29 is 4.79 Å². The van der Waals surface area contributed by atoms with E-state index in [1.54, 1.807) is 6.08 Å². The Bertz CT molecular complexity index is 484. The molecule has 1 aliphatic heterocycles. The molecular weight excluding hydrogens is 328 g/mol. The Morgan fingerprint density at radius 3 is 2.90 bits per heavy atom. The van der Waals surface area contributed by atoms with Gasteiger partial charge in [-0.15, -0.1) is 0 Å². The molecule has 0 unspecified atom stereocenters. The maximum Gasteiger partial charge on any atom is 0.244 e. The SMILES string of the molecule is CCN1CCC[C@H](CNC(=O)/C=C/c2ccc(Br)cc2)C1. The highest BCUT2D eigenvalue weighted by Gasteiger charge is 2.18. The number of carbonyl (C=O) groups is 1. The summed E-state index contributed by atoms with van der Waals surface area (Å²) in [6.07, 6.45) is 5.92. The smallest absolute Gasteiger partial charge is 0.244 e. The molecule has 1 aromatic carbocycles. The maximum atomic E-state index is 11.9. The number of nitrogens with one attached hydrogen (secondary N) is 1. The van der Waals surface area contributed by atoms with Gasteiger partial charge in [0.2, 0.25) is 5.91 Å². The molecule has 21 heavy (non-hydrogen) atoms. The quantitative estimate of drug-likeness (QED) is 0.826. The zero-order valence-electron chi connectivity index (χ0n) is 12.5. The van der Waals surface area contributed by atoms with Gasteiger partial charge in [-0.05, 0) is 55.6 Å². The van der Waals surface area contributed by atoms with Gasteiger partial charge in [0.25, 0.3) is 0 Å². The van der Waals surface area contributed by atoms with Crippen LogP contribution in [-0.2, 0) is 4.79 Å². The minimum atomic E-state index is -0.00783. The summed E-state index contributed by atoms with van der Waals surface area (Å²) >= 11 is 3.40. The molecule has 1 saturated heterocycles. The van der Waals surface area contributed by atoms with E-state index in [-0.39, 0.29) is 5.91 Å². The summed E-state index contributed by atoms with van der Waals surface area (Å²) < 4.78 is 1.04. The lowest BCUT2D eigenvalue weighted by Gasteiger charge is -2.31. The molecule has 1 atom stereocenters. The van der Waals surface area contributed by atoms with Crippen LogP contribution in [0, 0.1) is 5.92 Å². The molecule has 1 fully saturated rings. The molecule has 3 nitrogen and oxygen atoms in total. The zero-order chi connectivity index (χ0) is 15.1. The van der Waals surface area contributed by atoms with Crippen molar-refractivity contribution in [3.63, 3.8) is 0 Å². The van der Waals surface area contributed by atoms with E-state index in [1.807, 2.05) is 30.3 Å². The average molecular weight is 351 g/mol. The molecule has 1 N–H and O–H groups in total. The lowest BCUT2D eigenvalue weighted by molar-refractivity contribution is -0.116. The topological polar surface area (TPSA) is 32.3 Å². The Morgan fingerprint density at radius 2 is 2.19 bits per heavy atom. The van der Waals surface area contributed by atoms with Crippen LogP contribution in [0.1, 0.15) is 25.3 Å². The van der Waals surface area contributed by atoms with E-state index in [0.29, 0.717) is 5.92 Å². The first-order chi connectivity index (χ1) is 10.2. The summed E-state index contributed by atoms with van der Waals surface area (Å²) in [5.41, 5.74) is 1.03. The normalized spacial score (nSPS) is 19.8. The molecule has 1 amide bonds. The first-order valence-corrected chi connectivity index (χ1v) is 8.40. The van der Waals surface area contributed by atoms with Crippen LogP contribution in [0.25, 0.3) is 6.08 Å². The van der Waals surface area contributed by atoms with Crippen LogP contribution in [0.5, 0.6) is 0 Å². The number of hydrogen-bond donors (Lipinski definition) is 1. The summed E-state index contributed by atoms with van der Waals surface area (Å²) in [5, 5.41) is 3.02. The number of halogens is 1. The van der Waals surface area contributed by atoms with Gasteiger partial charge in [0.15, 0.2) is 0 Å². The Kier molecular flexibility index (Phi) is 6.46. The van der Waals surface area contributed by atoms with Crippen molar-refractivity contribution in [1.82, 2.24) is 10.2 Å². The Morgan fingerprint density at radius 1 is 1.43 bits per heavy atom. The van der Waals surface area contributed by atoms with E-state index >= 15 is 0 Å². The van der Waals surface area contributed by atoms with Gasteiger partial charge < -0.3 is 10.2 Å². The van der Waals surface area contributed by atoms with E-state index in [4.69, 9.17) is 0 Å². The zero-order valence-corrected chi connectivity index (χ0v) is 14.1. The highest BCUT2D eigenvalue weighted by molar-refractivity contribution is 9.10. The first-order valence-electron chi connectivity index (χ1n) is 7.61. The molecule has 1 aromatic rings. The van der Waals surface area contributed by atoms with E-state index < -0.39 is 0 Å². The van der Waals surface area contributed by atoms with E-state index in [0.717, 1.165) is 29.7 Å². The number of rotatable bonds is 5. The summed E-state index contributed by atoms with van der Waals surface area (Å²) in [6.45, 7) is 6.38. The molecule has 0 radical (unpaired) electrons. The van der Waals surface area contributed by atoms with Crippen molar-refractivity contribution in [2.75, 3.05) is 26.2 Å². The van der Waals surface area contributed by atoms with Crippen LogP contribution < -0.4 is 5.32 Å². The average Bonchev–Trinajstić information content (AvgIpc) is 2.52. The molecule has 0 aromatic heterocycles. The van der Waals surface area contributed by atoms with Gasteiger partial charge in [0.05, 0.1) is 0 Å². The molecule has 2 rings (SSSR count). The molecular formula is C17H23BrN2O. The van der Waals surface area contributed by atoms with Gasteiger partial charge >= 0.3 is 0 Å². The fraction of sp³-hybridized carbons (Fsp3) is 0.471. The predicted molar refractivity (Wildman–Crippen MR) is 91.0 cm³/mol. The highest BCUT2D eigenvalue weighted by atomic mass is 79.9. The first kappa shape index (κ1) is 16.2. The van der Waals surface area contributed by atoms with Crippen molar-refractivity contribution in [2.45, 2.75) is 19.8 Å². The monoisotopic (exact) mass is 350 g/mol. The van der Waals surface area contributed by atoms with Gasteiger partial charge in [-0.2, -0.15) is 0 Å². The van der Waals surface area contributed by atoms with Gasteiger partial charge in [0, 0.05) is 23.6 Å². The second kappa shape index (κ2) is 8.35. The third-order valence-corrected chi connectivity index (χ3v) is 4.44. The minimum absolute atomic E-state index is 0.00783. The van der Waals surface area contributed by atoms with Crippen LogP contribution in [-0.4, -0.2) is 37.0 Å². The number of amides is 1. The standard InChI is InChI=1S/C17H23BrN2O/c1-2-20-11-3-4-15(13-20)12-19-17(21)10-7-14-5-8-16(18)9-6-14/h5-10,15H,2-4,11-13H2,1H3,(H,19,21)/b10-7+/t15-/m1/s1. The van der Waals surface area contributed by atoms with E-state index in [1.165, 1.54) is 19.4 Å². The van der Waals surface area contributed by atoms with Gasteiger partial charge in [-0.25, -0.2) is 0 Å². The van der Waals surface area contributed by atoms with Crippen molar-refractivity contribution in [1.29, 1.82) is 0 Å². The Hall–Kier alpha value is -1.13. The van der Waals surface area contributed by atoms with Crippen LogP contribution in [0.3, 0.4) is 0 Å². The lowest BCUT2D eigenvalue weighted by Crippen LogP contribution is -2.40. The summed E-state index contributed by atoms with van der Waals surface area (Å²) in [7, 11) is 0. The third kappa shape index (κ3) is 5.64. The number of likely N-dealkylation sites (tertiary alicyclic amines) is 1. The number of carbonyl (C=O) groups excluding carboxylic acids is 1. The molecule has 0 bridgehead atoms. The molecule has 1 aliphatic rings. The summed E-state index contributed by atoms with van der Waals surface area (Å²) in [6, 6.07) is 7.90. The summed E-state index contributed by atoms with van der Waals surface area (Å²) in [5.74, 6) is 0.579. The number of hydrogen-bond acceptors (Lipinski definition) is 2. The molecule has 4 heteroatoms. The second-order valence-corrected chi connectivity index (χ2v) is 6.45. The minimum Gasteiger partial charge on any atom is -0.352 e. The van der Waals surface area contributed by atoms with Crippen molar-refractivity contribution in [2.24, 2.45) is 5.92 Å². The third-order valence-electron chi connectivity index (χ3n) is 3.91. The number of piperidine rings is 1. The predicted octanol–water partition coefficient (Wildman–Crippen LogP) is 3.31. The van der Waals surface area contributed by atoms with Gasteiger partial charge in [-0.3, -0.25) is 4.79 Å². The molecule has 114 valence electrons. The van der Waals surface area contributed by atoms with Crippen molar-refractivity contribution in [3.05, 3.63) is 40.4 Å². The Labute approximate surface area is 135 Å². The second-order valence-electron chi connectivity index (χ2n) is 5.53. The van der Waals surface area contributed by atoms with Gasteiger partial charge in [-0.1, -0.05) is 35.0 Å². The highest BCUT2D eigenvalue weighted by Crippen LogP contribution is 2.15. The summed E-state index contributed by atoms with van der Waals surface area (Å²) in [4.78, 5) is 14.3. The fourth-order valence-corrected chi connectivity index (χ4v) is 2.92. The van der Waals surface area contributed by atoms with Crippen molar-refractivity contribution in [3.8, 4) is 0 Å². The fourth-order valence-electron chi connectivity index (χ4n) is 2.65. The van der Waals surface area contributed by atoms with E-state index in [2.05, 4.69) is 33.1 Å². The van der Waals surface area contributed by atoms with Crippen LogP contribution in [0.15, 0.2) is 34.8 Å². The molecule has 1 heterocycles. The lowest BCUT2D eigenvalue weighted by atomic mass is 9.98. The molecule has 0 spiro atoms. The number of nitrogens with zero attached hydrogens (tertiary/aromatic N) is 1. The maximum absolute atomic E-state index is 11.9. The van der Waals surface area contributed by atoms with Crippen LogP contribution in [0.2, 0.25) is 0 Å². The molecule has 0 saturated carbocycles. The van der Waals surface area contributed by atoms with Crippen molar-refractivity contribution >= 4 is 27.9 Å². The van der Waals surface area contributed by atoms with Crippen LogP contribution >= 0.6 is 15.9 Å². The largest absolute Gasteiger partial charge is 0.352 e. The van der Waals surface area contributed by atoms with Gasteiger partial charge in [0.1, 0.15) is 0 Å². The molecule has 0 aliphatic carbocycles. The Balaban J connectivity index is 1.75. The van der Waals surface area contributed by atoms with E-state index in [9.17, 15) is 4.79 Å². The number of benzene rings is 1. The van der Waals surface area contributed by atoms with Crippen LogP contribution in [0.4, 0.5) is 0 Å².